The summed E-state index contributed by atoms with van der Waals surface area (Å²) in [4.78, 5) is 18.2. The molecule has 1 aliphatic carbocycles. The Morgan fingerprint density at radius 2 is 2.00 bits per heavy atom. The van der Waals surface area contributed by atoms with E-state index in [1.54, 1.807) is 0 Å². The van der Waals surface area contributed by atoms with Crippen LogP contribution < -0.4 is 0 Å². The Bertz CT molecular complexity index is 616. The quantitative estimate of drug-likeness (QED) is 0.769. The van der Waals surface area contributed by atoms with Crippen LogP contribution in [0, 0.1) is 5.92 Å². The number of hydrogen-bond acceptors (Lipinski definition) is 6. The molecule has 3 aliphatic rings. The van der Waals surface area contributed by atoms with E-state index in [1.807, 2.05) is 23.3 Å². The third-order valence-electron chi connectivity index (χ3n) is 5.67. The zero-order valence-corrected chi connectivity index (χ0v) is 15.3. The molecule has 3 fully saturated rings. The van der Waals surface area contributed by atoms with Gasteiger partial charge in [-0.3, -0.25) is 4.84 Å². The van der Waals surface area contributed by atoms with Gasteiger partial charge >= 0.3 is 5.97 Å². The Kier molecular flexibility index (Phi) is 5.27. The summed E-state index contributed by atoms with van der Waals surface area (Å²) in [5.41, 5.74) is 1.14. The van der Waals surface area contributed by atoms with Crippen LogP contribution in [0.4, 0.5) is 0 Å². The number of nitrogens with zero attached hydrogens (tertiary/aromatic N) is 1. The monoisotopic (exact) mass is 361 g/mol. The normalized spacial score (nSPS) is 31.3. The van der Waals surface area contributed by atoms with E-state index >= 15 is 0 Å². The summed E-state index contributed by atoms with van der Waals surface area (Å²) in [6, 6.07) is 10.1. The van der Waals surface area contributed by atoms with Crippen molar-refractivity contribution in [2.45, 2.75) is 56.6 Å². The fourth-order valence-corrected chi connectivity index (χ4v) is 4.29. The minimum absolute atomic E-state index is 0.0903. The molecule has 4 rings (SSSR count). The van der Waals surface area contributed by atoms with Crippen LogP contribution in [0.15, 0.2) is 30.3 Å². The van der Waals surface area contributed by atoms with Gasteiger partial charge in [-0.15, -0.1) is 0 Å². The van der Waals surface area contributed by atoms with Crippen LogP contribution in [0.2, 0.25) is 0 Å². The van der Waals surface area contributed by atoms with Crippen molar-refractivity contribution in [3.63, 3.8) is 0 Å². The lowest BCUT2D eigenvalue weighted by Crippen LogP contribution is -2.40. The number of esters is 1. The number of hydrogen-bond donors (Lipinski definition) is 0. The smallest absolute Gasteiger partial charge is 0.337 e. The maximum atomic E-state index is 12.3. The van der Waals surface area contributed by atoms with Gasteiger partial charge in [0.25, 0.3) is 0 Å². The van der Waals surface area contributed by atoms with Crippen molar-refractivity contribution in [3.8, 4) is 0 Å². The van der Waals surface area contributed by atoms with E-state index in [9.17, 15) is 4.79 Å². The molecule has 0 unspecified atom stereocenters. The number of ether oxygens (including phenoxy) is 3. The van der Waals surface area contributed by atoms with Gasteiger partial charge in [-0.1, -0.05) is 36.8 Å². The highest BCUT2D eigenvalue weighted by Crippen LogP contribution is 2.41. The Hall–Kier alpha value is -1.47. The molecule has 142 valence electrons. The Morgan fingerprint density at radius 3 is 2.73 bits per heavy atom. The minimum Gasteiger partial charge on any atom is -0.467 e. The first-order valence-corrected chi connectivity index (χ1v) is 9.54. The summed E-state index contributed by atoms with van der Waals surface area (Å²) in [6.07, 6.45) is 4.60. The molecule has 0 N–H and O–H groups in total. The molecule has 1 saturated carbocycles. The number of carbonyl (C=O) groups excluding carboxylic acids is 1. The van der Waals surface area contributed by atoms with E-state index in [-0.39, 0.29) is 18.0 Å². The van der Waals surface area contributed by atoms with Crippen LogP contribution in [-0.4, -0.2) is 49.3 Å². The molecule has 2 saturated heterocycles. The molecule has 1 aromatic rings. The first-order chi connectivity index (χ1) is 12.7. The number of hydroxylamine groups is 2. The van der Waals surface area contributed by atoms with Crippen molar-refractivity contribution in [2.75, 3.05) is 20.3 Å². The van der Waals surface area contributed by atoms with E-state index in [1.165, 1.54) is 13.5 Å². The van der Waals surface area contributed by atoms with Crippen molar-refractivity contribution in [1.82, 2.24) is 5.06 Å². The molecule has 2 heterocycles. The number of benzene rings is 1. The van der Waals surface area contributed by atoms with Gasteiger partial charge in [0, 0.05) is 31.8 Å². The van der Waals surface area contributed by atoms with E-state index < -0.39 is 11.9 Å². The molecule has 1 spiro atoms. The highest BCUT2D eigenvalue weighted by molar-refractivity contribution is 5.75. The van der Waals surface area contributed by atoms with Gasteiger partial charge in [-0.05, 0) is 18.4 Å². The molecule has 0 amide bonds. The second-order valence-corrected chi connectivity index (χ2v) is 7.46. The molecule has 26 heavy (non-hydrogen) atoms. The van der Waals surface area contributed by atoms with Crippen LogP contribution in [0.25, 0.3) is 0 Å². The first-order valence-electron chi connectivity index (χ1n) is 9.54. The first kappa shape index (κ1) is 17.9. The average Bonchev–Trinajstić information content (AvgIpc) is 3.27. The summed E-state index contributed by atoms with van der Waals surface area (Å²) in [5, 5.41) is 1.84. The SMILES string of the molecule is COC(=O)[C@H]1ON(Cc2ccccc2)C[C@H]1[C@H]1COC2(CCCCC2)O1. The summed E-state index contributed by atoms with van der Waals surface area (Å²) in [6.45, 7) is 1.77. The maximum absolute atomic E-state index is 12.3. The van der Waals surface area contributed by atoms with Gasteiger partial charge in [0.2, 0.25) is 0 Å². The van der Waals surface area contributed by atoms with Gasteiger partial charge in [-0.25, -0.2) is 4.79 Å². The summed E-state index contributed by atoms with van der Waals surface area (Å²) >= 11 is 0. The van der Waals surface area contributed by atoms with Crippen molar-refractivity contribution in [2.24, 2.45) is 5.92 Å². The fraction of sp³-hybridized carbons (Fsp3) is 0.650. The van der Waals surface area contributed by atoms with Gasteiger partial charge in [-0.2, -0.15) is 5.06 Å². The summed E-state index contributed by atoms with van der Waals surface area (Å²) in [7, 11) is 1.40. The number of rotatable bonds is 4. The topological polar surface area (TPSA) is 57.2 Å². The molecule has 1 aromatic carbocycles. The van der Waals surface area contributed by atoms with Gasteiger partial charge in [0.15, 0.2) is 11.9 Å². The lowest BCUT2D eigenvalue weighted by molar-refractivity contribution is -0.198. The van der Waals surface area contributed by atoms with E-state index in [0.717, 1.165) is 31.2 Å². The predicted octanol–water partition coefficient (Wildman–Crippen LogP) is 2.67. The largest absolute Gasteiger partial charge is 0.467 e. The van der Waals surface area contributed by atoms with Crippen molar-refractivity contribution in [1.29, 1.82) is 0 Å². The average molecular weight is 361 g/mol. The number of carbonyl (C=O) groups is 1. The number of methoxy groups -OCH3 is 1. The second-order valence-electron chi connectivity index (χ2n) is 7.46. The van der Waals surface area contributed by atoms with Crippen LogP contribution in [0.5, 0.6) is 0 Å². The Labute approximate surface area is 154 Å². The molecule has 2 aliphatic heterocycles. The lowest BCUT2D eigenvalue weighted by atomic mass is 9.93. The molecule has 6 heteroatoms. The zero-order chi connectivity index (χ0) is 18.0. The van der Waals surface area contributed by atoms with Gasteiger partial charge < -0.3 is 14.2 Å². The van der Waals surface area contributed by atoms with Crippen molar-refractivity contribution >= 4 is 5.97 Å². The maximum Gasteiger partial charge on any atom is 0.337 e. The molecule has 6 nitrogen and oxygen atoms in total. The minimum atomic E-state index is -0.643. The van der Waals surface area contributed by atoms with Gasteiger partial charge in [0.1, 0.15) is 0 Å². The van der Waals surface area contributed by atoms with Crippen LogP contribution in [0.1, 0.15) is 37.7 Å². The van der Waals surface area contributed by atoms with E-state index in [4.69, 9.17) is 19.0 Å². The Balaban J connectivity index is 1.45. The van der Waals surface area contributed by atoms with Crippen molar-refractivity contribution in [3.05, 3.63) is 35.9 Å². The Morgan fingerprint density at radius 1 is 1.23 bits per heavy atom. The molecule has 0 bridgehead atoms. The molecular formula is C20H27NO5. The third-order valence-corrected chi connectivity index (χ3v) is 5.67. The predicted molar refractivity (Wildman–Crippen MR) is 93.9 cm³/mol. The molecule has 0 aromatic heterocycles. The fourth-order valence-electron chi connectivity index (χ4n) is 4.29. The zero-order valence-electron chi connectivity index (χ0n) is 15.3. The highest BCUT2D eigenvalue weighted by Gasteiger charge is 2.51. The van der Waals surface area contributed by atoms with Crippen LogP contribution >= 0.6 is 0 Å². The van der Waals surface area contributed by atoms with E-state index in [2.05, 4.69) is 12.1 Å². The lowest BCUT2D eigenvalue weighted by Gasteiger charge is -2.32. The van der Waals surface area contributed by atoms with Crippen LogP contribution in [-0.2, 0) is 30.4 Å². The van der Waals surface area contributed by atoms with Crippen molar-refractivity contribution < 1.29 is 23.8 Å². The van der Waals surface area contributed by atoms with E-state index in [0.29, 0.717) is 19.7 Å². The molecule has 3 atom stereocenters. The molecular weight excluding hydrogens is 334 g/mol. The summed E-state index contributed by atoms with van der Waals surface area (Å²) in [5.74, 6) is -0.887. The highest BCUT2D eigenvalue weighted by atomic mass is 16.8. The van der Waals surface area contributed by atoms with Crippen LogP contribution in [0.3, 0.4) is 0 Å². The standard InChI is InChI=1S/C20H27NO5/c1-23-19(22)18-16(13-21(26-18)12-15-8-4-2-5-9-15)17-14-24-20(25-17)10-6-3-7-11-20/h2,4-5,8-9,16-18H,3,6-7,10-14H2,1H3/t16-,17+,18-/m0/s1. The molecule has 0 radical (unpaired) electrons. The van der Waals surface area contributed by atoms with Gasteiger partial charge in [0.05, 0.1) is 19.8 Å². The second kappa shape index (κ2) is 7.64. The summed E-state index contributed by atoms with van der Waals surface area (Å²) < 4.78 is 17.4. The third kappa shape index (κ3) is 3.64.